The zero-order valence-electron chi connectivity index (χ0n) is 11.4. The van der Waals surface area contributed by atoms with Crippen LogP contribution in [0.3, 0.4) is 0 Å². The van der Waals surface area contributed by atoms with Crippen LogP contribution in [0, 0.1) is 11.3 Å². The molecule has 0 aliphatic carbocycles. The summed E-state index contributed by atoms with van der Waals surface area (Å²) in [6.07, 6.45) is 3.29. The highest BCUT2D eigenvalue weighted by molar-refractivity contribution is 5.78. The summed E-state index contributed by atoms with van der Waals surface area (Å²) in [5.74, 6) is 0.606. The van der Waals surface area contributed by atoms with Crippen molar-refractivity contribution in [2.45, 2.75) is 12.8 Å². The first kappa shape index (κ1) is 14.1. The average Bonchev–Trinajstić information content (AvgIpc) is 2.99. The van der Waals surface area contributed by atoms with E-state index in [4.69, 9.17) is 5.26 Å². The van der Waals surface area contributed by atoms with Crippen molar-refractivity contribution in [3.8, 4) is 6.07 Å². The number of nitrogens with one attached hydrogen (secondary N) is 1. The lowest BCUT2D eigenvalue weighted by Crippen LogP contribution is -2.40. The number of hydrogen-bond acceptors (Lipinski definition) is 6. The Bertz CT molecular complexity index is 516. The first-order chi connectivity index (χ1) is 9.70. The van der Waals surface area contributed by atoms with Crippen molar-refractivity contribution in [1.82, 2.24) is 30.4 Å². The second-order valence-electron chi connectivity index (χ2n) is 4.69. The summed E-state index contributed by atoms with van der Waals surface area (Å²) in [6, 6.07) is 2.04. The lowest BCUT2D eigenvalue weighted by molar-refractivity contribution is -0.130. The second kappa shape index (κ2) is 6.77. The molecule has 2 rings (SSSR count). The molecule has 1 N–H and O–H groups in total. The van der Waals surface area contributed by atoms with Gasteiger partial charge in [0.1, 0.15) is 0 Å². The number of rotatable bonds is 5. The Morgan fingerprint density at radius 1 is 1.65 bits per heavy atom. The van der Waals surface area contributed by atoms with Gasteiger partial charge in [-0.1, -0.05) is 6.08 Å². The first-order valence-corrected chi connectivity index (χ1v) is 6.47. The second-order valence-corrected chi connectivity index (χ2v) is 4.69. The van der Waals surface area contributed by atoms with Crippen LogP contribution in [0.1, 0.15) is 18.7 Å². The minimum Gasteiger partial charge on any atom is -0.344 e. The van der Waals surface area contributed by atoms with Crippen molar-refractivity contribution in [2.75, 3.05) is 33.2 Å². The van der Waals surface area contributed by atoms with E-state index in [0.29, 0.717) is 31.9 Å². The van der Waals surface area contributed by atoms with Crippen molar-refractivity contribution >= 4 is 11.5 Å². The van der Waals surface area contributed by atoms with Crippen LogP contribution in [0.25, 0.3) is 5.57 Å². The van der Waals surface area contributed by atoms with E-state index in [1.807, 2.05) is 6.07 Å². The van der Waals surface area contributed by atoms with Crippen molar-refractivity contribution in [3.63, 3.8) is 0 Å². The minimum atomic E-state index is 0.0228. The quantitative estimate of drug-likeness (QED) is 0.788. The van der Waals surface area contributed by atoms with E-state index in [1.54, 1.807) is 11.9 Å². The zero-order chi connectivity index (χ0) is 14.4. The normalized spacial score (nSPS) is 15.5. The molecule has 8 nitrogen and oxygen atoms in total. The van der Waals surface area contributed by atoms with Crippen LogP contribution in [0.2, 0.25) is 0 Å². The van der Waals surface area contributed by atoms with Gasteiger partial charge in [-0.05, 0) is 11.6 Å². The van der Waals surface area contributed by atoms with Crippen LogP contribution in [-0.4, -0.2) is 69.6 Å². The summed E-state index contributed by atoms with van der Waals surface area (Å²) in [6.45, 7) is 2.28. The van der Waals surface area contributed by atoms with Crippen LogP contribution in [-0.2, 0) is 4.79 Å². The molecule has 0 atom stereocenters. The maximum Gasteiger partial charge on any atom is 0.236 e. The topological polar surface area (TPSA) is 102 Å². The van der Waals surface area contributed by atoms with Gasteiger partial charge in [-0.2, -0.15) is 10.5 Å². The predicted octanol–water partition coefficient (Wildman–Crippen LogP) is -0.339. The molecule has 8 heteroatoms. The molecule has 1 aromatic rings. The SMILES string of the molecule is CN(CCC#N)C(=O)CN1CCC=C(c2nn[nH]n2)C1. The summed E-state index contributed by atoms with van der Waals surface area (Å²) in [4.78, 5) is 15.7. The van der Waals surface area contributed by atoms with Crippen LogP contribution < -0.4 is 0 Å². The Hall–Kier alpha value is -2.27. The van der Waals surface area contributed by atoms with Crippen molar-refractivity contribution in [3.05, 3.63) is 11.9 Å². The van der Waals surface area contributed by atoms with Crippen LogP contribution in [0.4, 0.5) is 0 Å². The number of aromatic amines is 1. The molecule has 0 aromatic carbocycles. The highest BCUT2D eigenvalue weighted by Gasteiger charge is 2.20. The van der Waals surface area contributed by atoms with Crippen molar-refractivity contribution in [2.24, 2.45) is 0 Å². The van der Waals surface area contributed by atoms with Gasteiger partial charge in [0, 0.05) is 32.3 Å². The smallest absolute Gasteiger partial charge is 0.236 e. The van der Waals surface area contributed by atoms with E-state index in [2.05, 4.69) is 31.6 Å². The molecule has 20 heavy (non-hydrogen) atoms. The summed E-state index contributed by atoms with van der Waals surface area (Å²) in [7, 11) is 1.72. The fraction of sp³-hybridized carbons (Fsp3) is 0.583. The van der Waals surface area contributed by atoms with E-state index < -0.39 is 0 Å². The zero-order valence-corrected chi connectivity index (χ0v) is 11.4. The van der Waals surface area contributed by atoms with Gasteiger partial charge in [0.2, 0.25) is 11.7 Å². The molecule has 1 amide bonds. The molecule has 1 aromatic heterocycles. The fourth-order valence-electron chi connectivity index (χ4n) is 2.06. The molecule has 0 saturated carbocycles. The fourth-order valence-corrected chi connectivity index (χ4v) is 2.06. The largest absolute Gasteiger partial charge is 0.344 e. The number of H-pyrrole nitrogens is 1. The van der Waals surface area contributed by atoms with Crippen molar-refractivity contribution in [1.29, 1.82) is 5.26 Å². The Kier molecular flexibility index (Phi) is 4.79. The van der Waals surface area contributed by atoms with Crippen LogP contribution in [0.15, 0.2) is 6.08 Å². The number of tetrazole rings is 1. The van der Waals surface area contributed by atoms with Gasteiger partial charge in [0.05, 0.1) is 19.0 Å². The molecular weight excluding hydrogens is 258 g/mol. The highest BCUT2D eigenvalue weighted by Crippen LogP contribution is 2.16. The van der Waals surface area contributed by atoms with Gasteiger partial charge in [0.25, 0.3) is 0 Å². The number of nitrogens with zero attached hydrogens (tertiary/aromatic N) is 6. The maximum atomic E-state index is 12.0. The number of aromatic nitrogens is 4. The Balaban J connectivity index is 1.87. The number of carbonyl (C=O) groups is 1. The van der Waals surface area contributed by atoms with Gasteiger partial charge < -0.3 is 4.90 Å². The van der Waals surface area contributed by atoms with E-state index >= 15 is 0 Å². The lowest BCUT2D eigenvalue weighted by Gasteiger charge is -2.27. The van der Waals surface area contributed by atoms with E-state index in [0.717, 1.165) is 18.5 Å². The molecule has 0 bridgehead atoms. The van der Waals surface area contributed by atoms with Gasteiger partial charge in [-0.25, -0.2) is 0 Å². The molecule has 1 aliphatic rings. The number of carbonyl (C=O) groups excluding carboxylic acids is 1. The van der Waals surface area contributed by atoms with Crippen LogP contribution in [0.5, 0.6) is 0 Å². The molecule has 1 aliphatic heterocycles. The summed E-state index contributed by atoms with van der Waals surface area (Å²) in [5, 5.41) is 22.4. The average molecular weight is 275 g/mol. The van der Waals surface area contributed by atoms with E-state index in [9.17, 15) is 4.79 Å². The number of hydrogen-bond donors (Lipinski definition) is 1. The molecule has 0 saturated heterocycles. The third kappa shape index (κ3) is 3.61. The molecular formula is C12H17N7O. The first-order valence-electron chi connectivity index (χ1n) is 6.47. The third-order valence-electron chi connectivity index (χ3n) is 3.21. The molecule has 106 valence electrons. The Labute approximate surface area is 117 Å². The standard InChI is InChI=1S/C12H17N7O/c1-18(6-3-5-13)11(20)9-19-7-2-4-10(8-19)12-14-16-17-15-12/h4H,2-3,6-9H2,1H3,(H,14,15,16,17). The van der Waals surface area contributed by atoms with Gasteiger partial charge >= 0.3 is 0 Å². The minimum absolute atomic E-state index is 0.0228. The maximum absolute atomic E-state index is 12.0. The molecule has 0 fully saturated rings. The third-order valence-corrected chi connectivity index (χ3v) is 3.21. The van der Waals surface area contributed by atoms with E-state index in [1.165, 1.54) is 0 Å². The van der Waals surface area contributed by atoms with E-state index in [-0.39, 0.29) is 5.91 Å². The summed E-state index contributed by atoms with van der Waals surface area (Å²) < 4.78 is 0. The molecule has 0 radical (unpaired) electrons. The molecule has 0 spiro atoms. The Morgan fingerprint density at radius 3 is 3.20 bits per heavy atom. The Morgan fingerprint density at radius 2 is 2.50 bits per heavy atom. The monoisotopic (exact) mass is 275 g/mol. The predicted molar refractivity (Wildman–Crippen MR) is 71.1 cm³/mol. The van der Waals surface area contributed by atoms with Crippen molar-refractivity contribution < 1.29 is 4.79 Å². The number of nitriles is 1. The lowest BCUT2D eigenvalue weighted by atomic mass is 10.1. The van der Waals surface area contributed by atoms with Gasteiger partial charge in [-0.15, -0.1) is 10.2 Å². The molecule has 0 unspecified atom stereocenters. The summed E-state index contributed by atoms with van der Waals surface area (Å²) >= 11 is 0. The van der Waals surface area contributed by atoms with Crippen LogP contribution >= 0.6 is 0 Å². The van der Waals surface area contributed by atoms with Gasteiger partial charge in [0.15, 0.2) is 0 Å². The van der Waals surface area contributed by atoms with Gasteiger partial charge in [-0.3, -0.25) is 9.69 Å². The number of likely N-dealkylation sites (N-methyl/N-ethyl adjacent to an activating group) is 1. The molecule has 2 heterocycles. The number of amides is 1. The highest BCUT2D eigenvalue weighted by atomic mass is 16.2. The summed E-state index contributed by atoms with van der Waals surface area (Å²) in [5.41, 5.74) is 0.984.